The first-order valence-electron chi connectivity index (χ1n) is 6.39. The van der Waals surface area contributed by atoms with E-state index in [9.17, 15) is 9.59 Å². The highest BCUT2D eigenvalue weighted by molar-refractivity contribution is 5.90. The maximum absolute atomic E-state index is 11.3. The van der Waals surface area contributed by atoms with Gasteiger partial charge >= 0.3 is 5.97 Å². The highest BCUT2D eigenvalue weighted by atomic mass is 16.5. The predicted molar refractivity (Wildman–Crippen MR) is 75.0 cm³/mol. The third kappa shape index (κ3) is 11.2. The van der Waals surface area contributed by atoms with E-state index in [1.807, 2.05) is 25.2 Å². The Bertz CT molecular complexity index is 349. The van der Waals surface area contributed by atoms with E-state index in [2.05, 4.69) is 0 Å². The second-order valence-corrected chi connectivity index (χ2v) is 4.02. The first-order valence-corrected chi connectivity index (χ1v) is 6.39. The molecule has 19 heavy (non-hydrogen) atoms. The van der Waals surface area contributed by atoms with Gasteiger partial charge in [-0.15, -0.1) is 0 Å². The van der Waals surface area contributed by atoms with Crippen LogP contribution in [0.5, 0.6) is 0 Å². The van der Waals surface area contributed by atoms with E-state index >= 15 is 0 Å². The second kappa shape index (κ2) is 11.4. The number of ether oxygens (including phenoxy) is 1. The average Bonchev–Trinajstić information content (AvgIpc) is 2.37. The summed E-state index contributed by atoms with van der Waals surface area (Å²) in [5, 5.41) is 8.43. The molecule has 0 amide bonds. The molecule has 0 fully saturated rings. The molecule has 4 heteroatoms. The maximum atomic E-state index is 11.3. The van der Waals surface area contributed by atoms with Crippen molar-refractivity contribution >= 4 is 11.8 Å². The van der Waals surface area contributed by atoms with Gasteiger partial charge in [0.05, 0.1) is 6.10 Å². The van der Waals surface area contributed by atoms with Crippen molar-refractivity contribution in [2.24, 2.45) is 0 Å². The van der Waals surface area contributed by atoms with Crippen LogP contribution in [0.2, 0.25) is 0 Å². The molecule has 0 rings (SSSR count). The van der Waals surface area contributed by atoms with Gasteiger partial charge in [0.25, 0.3) is 0 Å². The highest BCUT2D eigenvalue weighted by Gasteiger charge is 1.99. The van der Waals surface area contributed by atoms with Crippen LogP contribution in [0, 0.1) is 0 Å². The number of carbonyl (C=O) groups excluding carboxylic acids is 1. The molecule has 0 aromatic heterocycles. The normalized spacial score (nSPS) is 13.6. The van der Waals surface area contributed by atoms with Crippen LogP contribution in [0.15, 0.2) is 36.5 Å². The molecule has 0 heterocycles. The van der Waals surface area contributed by atoms with Gasteiger partial charge in [0.1, 0.15) is 0 Å². The summed E-state index contributed by atoms with van der Waals surface area (Å²) in [6.45, 7) is 2.04. The van der Waals surface area contributed by atoms with E-state index in [0.717, 1.165) is 6.42 Å². The SMILES string of the molecule is CCC(C=CC=CC=CC(=O)CCCC(=O)O)OC. The van der Waals surface area contributed by atoms with Crippen molar-refractivity contribution in [1.82, 2.24) is 0 Å². The molecule has 0 bridgehead atoms. The van der Waals surface area contributed by atoms with Crippen LogP contribution in [0.3, 0.4) is 0 Å². The van der Waals surface area contributed by atoms with Crippen LogP contribution in [0.1, 0.15) is 32.6 Å². The lowest BCUT2D eigenvalue weighted by atomic mass is 10.1. The Morgan fingerprint density at radius 1 is 1.16 bits per heavy atom. The molecule has 0 aromatic carbocycles. The highest BCUT2D eigenvalue weighted by Crippen LogP contribution is 1.99. The Balaban J connectivity index is 3.88. The van der Waals surface area contributed by atoms with E-state index < -0.39 is 5.97 Å². The number of carboxylic acid groups (broad SMARTS) is 1. The van der Waals surface area contributed by atoms with Crippen molar-refractivity contribution in [2.75, 3.05) is 7.11 Å². The fourth-order valence-electron chi connectivity index (χ4n) is 1.36. The molecule has 0 radical (unpaired) electrons. The molecule has 0 saturated carbocycles. The number of aliphatic carboxylic acids is 1. The maximum Gasteiger partial charge on any atom is 0.303 e. The summed E-state index contributed by atoms with van der Waals surface area (Å²) in [4.78, 5) is 21.6. The van der Waals surface area contributed by atoms with E-state index in [0.29, 0.717) is 6.42 Å². The third-order valence-electron chi connectivity index (χ3n) is 2.46. The number of carbonyl (C=O) groups is 2. The van der Waals surface area contributed by atoms with Crippen molar-refractivity contribution in [2.45, 2.75) is 38.7 Å². The molecule has 0 saturated heterocycles. The zero-order chi connectivity index (χ0) is 14.5. The van der Waals surface area contributed by atoms with Gasteiger partial charge in [-0.2, -0.15) is 0 Å². The Morgan fingerprint density at radius 3 is 2.42 bits per heavy atom. The topological polar surface area (TPSA) is 63.6 Å². The minimum atomic E-state index is -0.870. The standard InChI is InChI=1S/C15H22O4/c1-3-14(19-2)11-7-5-4-6-9-13(16)10-8-12-15(17)18/h4-7,9,11,14H,3,8,10,12H2,1-2H3,(H,17,18). The van der Waals surface area contributed by atoms with Gasteiger partial charge in [0.15, 0.2) is 5.78 Å². The molecular weight excluding hydrogens is 244 g/mol. The number of hydrogen-bond acceptors (Lipinski definition) is 3. The molecule has 0 aliphatic carbocycles. The van der Waals surface area contributed by atoms with Crippen LogP contribution >= 0.6 is 0 Å². The van der Waals surface area contributed by atoms with Gasteiger partial charge in [-0.1, -0.05) is 37.3 Å². The number of allylic oxidation sites excluding steroid dienone is 5. The minimum Gasteiger partial charge on any atom is -0.481 e. The fraction of sp³-hybridized carbons (Fsp3) is 0.467. The fourth-order valence-corrected chi connectivity index (χ4v) is 1.36. The predicted octanol–water partition coefficient (Wildman–Crippen LogP) is 2.90. The van der Waals surface area contributed by atoms with Crippen LogP contribution in [0.4, 0.5) is 0 Å². The van der Waals surface area contributed by atoms with Crippen molar-refractivity contribution in [3.8, 4) is 0 Å². The van der Waals surface area contributed by atoms with Gasteiger partial charge in [0.2, 0.25) is 0 Å². The molecule has 0 aliphatic heterocycles. The third-order valence-corrected chi connectivity index (χ3v) is 2.46. The van der Waals surface area contributed by atoms with Crippen LogP contribution in [0.25, 0.3) is 0 Å². The summed E-state index contributed by atoms with van der Waals surface area (Å²) in [6.07, 6.45) is 12.2. The van der Waals surface area contributed by atoms with Gasteiger partial charge in [-0.25, -0.2) is 0 Å². The Hall–Kier alpha value is -1.68. The monoisotopic (exact) mass is 266 g/mol. The number of methoxy groups -OCH3 is 1. The van der Waals surface area contributed by atoms with Gasteiger partial charge in [-0.05, 0) is 18.9 Å². The first kappa shape index (κ1) is 17.3. The summed E-state index contributed by atoms with van der Waals surface area (Å²) >= 11 is 0. The molecule has 1 unspecified atom stereocenters. The Morgan fingerprint density at radius 2 is 1.84 bits per heavy atom. The largest absolute Gasteiger partial charge is 0.481 e. The average molecular weight is 266 g/mol. The van der Waals surface area contributed by atoms with E-state index in [1.54, 1.807) is 19.3 Å². The van der Waals surface area contributed by atoms with Crippen LogP contribution in [-0.4, -0.2) is 30.1 Å². The van der Waals surface area contributed by atoms with E-state index in [1.165, 1.54) is 6.08 Å². The zero-order valence-corrected chi connectivity index (χ0v) is 11.5. The van der Waals surface area contributed by atoms with Gasteiger partial charge < -0.3 is 9.84 Å². The Kier molecular flexibility index (Phi) is 10.4. The molecule has 4 nitrogen and oxygen atoms in total. The lowest BCUT2D eigenvalue weighted by molar-refractivity contribution is -0.137. The first-order chi connectivity index (χ1) is 9.10. The lowest BCUT2D eigenvalue weighted by Crippen LogP contribution is -2.03. The summed E-state index contributed by atoms with van der Waals surface area (Å²) in [5.41, 5.74) is 0. The smallest absolute Gasteiger partial charge is 0.303 e. The lowest BCUT2D eigenvalue weighted by Gasteiger charge is -2.04. The summed E-state index contributed by atoms with van der Waals surface area (Å²) in [6, 6.07) is 0. The van der Waals surface area contributed by atoms with Gasteiger partial charge in [-0.3, -0.25) is 9.59 Å². The quantitative estimate of drug-likeness (QED) is 0.488. The molecule has 0 aliphatic rings. The number of carboxylic acids is 1. The van der Waals surface area contributed by atoms with Crippen molar-refractivity contribution in [3.63, 3.8) is 0 Å². The summed E-state index contributed by atoms with van der Waals surface area (Å²) < 4.78 is 5.17. The van der Waals surface area contributed by atoms with Crippen molar-refractivity contribution < 1.29 is 19.4 Å². The van der Waals surface area contributed by atoms with E-state index in [4.69, 9.17) is 9.84 Å². The summed E-state index contributed by atoms with van der Waals surface area (Å²) in [7, 11) is 1.66. The molecule has 0 spiro atoms. The Labute approximate surface area is 114 Å². The number of hydrogen-bond donors (Lipinski definition) is 1. The number of rotatable bonds is 10. The number of ketones is 1. The van der Waals surface area contributed by atoms with Crippen molar-refractivity contribution in [3.05, 3.63) is 36.5 Å². The van der Waals surface area contributed by atoms with Crippen molar-refractivity contribution in [1.29, 1.82) is 0 Å². The molecular formula is C15H22O4. The molecule has 0 aromatic rings. The molecule has 106 valence electrons. The van der Waals surface area contributed by atoms with Crippen LogP contribution < -0.4 is 0 Å². The van der Waals surface area contributed by atoms with Gasteiger partial charge in [0, 0.05) is 20.0 Å². The zero-order valence-electron chi connectivity index (χ0n) is 11.5. The minimum absolute atomic E-state index is 0.0353. The van der Waals surface area contributed by atoms with E-state index in [-0.39, 0.29) is 24.7 Å². The summed E-state index contributed by atoms with van der Waals surface area (Å²) in [5.74, 6) is -0.927. The molecule has 1 atom stereocenters. The second-order valence-electron chi connectivity index (χ2n) is 4.02. The molecule has 1 N–H and O–H groups in total. The van der Waals surface area contributed by atoms with Crippen LogP contribution in [-0.2, 0) is 14.3 Å².